The predicted molar refractivity (Wildman–Crippen MR) is 86.8 cm³/mol. The van der Waals surface area contributed by atoms with Gasteiger partial charge in [-0.3, -0.25) is 5.32 Å². The van der Waals surface area contributed by atoms with E-state index in [9.17, 15) is 9.59 Å². The van der Waals surface area contributed by atoms with Gasteiger partial charge < -0.3 is 14.2 Å². The summed E-state index contributed by atoms with van der Waals surface area (Å²) in [6.07, 6.45) is 1.36. The lowest BCUT2D eigenvalue weighted by Gasteiger charge is -2.21. The fraction of sp³-hybridized carbons (Fsp3) is 0.500. The molecule has 0 fully saturated rings. The highest BCUT2D eigenvalue weighted by molar-refractivity contribution is 5.86. The Morgan fingerprint density at radius 2 is 2.12 bits per heavy atom. The second-order valence-corrected chi connectivity index (χ2v) is 6.08. The van der Waals surface area contributed by atoms with E-state index >= 15 is 0 Å². The first kappa shape index (κ1) is 17.7. The molecule has 1 amide bonds. The third-order valence-electron chi connectivity index (χ3n) is 3.01. The van der Waals surface area contributed by atoms with Crippen LogP contribution >= 0.6 is 0 Å². The number of aliphatic imine (C=N–C) groups is 1. The van der Waals surface area contributed by atoms with Crippen LogP contribution < -0.4 is 5.32 Å². The number of amides is 1. The van der Waals surface area contributed by atoms with Crippen LogP contribution in [0.1, 0.15) is 39.4 Å². The standard InChI is InChI=1S/C16H21N3O5/c1-5-22-14(20)11-12(23-9-18-11)10-7-6-8-17-13(10)19-15(21)24-16(2,3)4/h6-9,11-12H,5H2,1-4H3,(H,17,19,21)/t11-,12+/m1/s1. The number of ether oxygens (including phenoxy) is 3. The van der Waals surface area contributed by atoms with Gasteiger partial charge in [0.1, 0.15) is 11.4 Å². The molecule has 24 heavy (non-hydrogen) atoms. The Kier molecular flexibility index (Phi) is 5.38. The lowest BCUT2D eigenvalue weighted by atomic mass is 10.0. The van der Waals surface area contributed by atoms with E-state index in [1.54, 1.807) is 39.8 Å². The Bertz CT molecular complexity index is 639. The topological polar surface area (TPSA) is 99.1 Å². The molecule has 8 nitrogen and oxygen atoms in total. The summed E-state index contributed by atoms with van der Waals surface area (Å²) in [5.41, 5.74) is -0.127. The predicted octanol–water partition coefficient (Wildman–Crippen LogP) is 2.46. The molecule has 130 valence electrons. The normalized spacial score (nSPS) is 19.5. The lowest BCUT2D eigenvalue weighted by Crippen LogP contribution is -2.30. The highest BCUT2D eigenvalue weighted by Gasteiger charge is 2.37. The maximum atomic E-state index is 12.0. The summed E-state index contributed by atoms with van der Waals surface area (Å²) in [5.74, 6) is -0.250. The minimum absolute atomic E-state index is 0.244. The highest BCUT2D eigenvalue weighted by Crippen LogP contribution is 2.31. The molecule has 2 heterocycles. The fourth-order valence-corrected chi connectivity index (χ4v) is 2.13. The molecule has 0 saturated heterocycles. The summed E-state index contributed by atoms with van der Waals surface area (Å²) in [4.78, 5) is 32.1. The van der Waals surface area contributed by atoms with E-state index < -0.39 is 29.8 Å². The van der Waals surface area contributed by atoms with Crippen LogP contribution in [-0.2, 0) is 19.0 Å². The number of nitrogens with zero attached hydrogens (tertiary/aromatic N) is 2. The largest absolute Gasteiger partial charge is 0.473 e. The molecule has 1 aromatic rings. The fourth-order valence-electron chi connectivity index (χ4n) is 2.13. The van der Waals surface area contributed by atoms with E-state index in [0.29, 0.717) is 5.56 Å². The average molecular weight is 335 g/mol. The van der Waals surface area contributed by atoms with Gasteiger partial charge in [-0.2, -0.15) is 0 Å². The molecular weight excluding hydrogens is 314 g/mol. The summed E-state index contributed by atoms with van der Waals surface area (Å²) < 4.78 is 15.6. The zero-order valence-corrected chi connectivity index (χ0v) is 14.1. The molecule has 8 heteroatoms. The third kappa shape index (κ3) is 4.43. The molecule has 0 radical (unpaired) electrons. The van der Waals surface area contributed by atoms with Gasteiger partial charge in [-0.25, -0.2) is 19.6 Å². The van der Waals surface area contributed by atoms with Gasteiger partial charge in [0.15, 0.2) is 18.5 Å². The molecule has 1 aliphatic rings. The summed E-state index contributed by atoms with van der Waals surface area (Å²) in [6.45, 7) is 7.24. The van der Waals surface area contributed by atoms with E-state index in [1.165, 1.54) is 12.6 Å². The number of nitrogens with one attached hydrogen (secondary N) is 1. The second kappa shape index (κ2) is 7.29. The first-order chi connectivity index (χ1) is 11.3. The molecule has 0 spiro atoms. The van der Waals surface area contributed by atoms with Crippen LogP contribution in [0.5, 0.6) is 0 Å². The molecule has 1 aliphatic heterocycles. The van der Waals surface area contributed by atoms with Gasteiger partial charge in [0.2, 0.25) is 0 Å². The first-order valence-corrected chi connectivity index (χ1v) is 7.60. The monoisotopic (exact) mass is 335 g/mol. The summed E-state index contributed by atoms with van der Waals surface area (Å²) in [6, 6.07) is 2.54. The number of carbonyl (C=O) groups is 2. The second-order valence-electron chi connectivity index (χ2n) is 6.08. The van der Waals surface area contributed by atoms with Crippen LogP contribution in [0.3, 0.4) is 0 Å². The molecule has 0 bridgehead atoms. The molecule has 2 rings (SSSR count). The van der Waals surface area contributed by atoms with Crippen molar-refractivity contribution in [2.75, 3.05) is 11.9 Å². The Morgan fingerprint density at radius 1 is 1.38 bits per heavy atom. The van der Waals surface area contributed by atoms with Crippen molar-refractivity contribution in [3.05, 3.63) is 23.9 Å². The Morgan fingerprint density at radius 3 is 2.79 bits per heavy atom. The highest BCUT2D eigenvalue weighted by atomic mass is 16.6. The number of carbonyl (C=O) groups excluding carboxylic acids is 2. The maximum Gasteiger partial charge on any atom is 0.413 e. The van der Waals surface area contributed by atoms with Crippen LogP contribution in [-0.4, -0.2) is 41.7 Å². The zero-order chi connectivity index (χ0) is 17.7. The van der Waals surface area contributed by atoms with Crippen molar-refractivity contribution >= 4 is 24.3 Å². The van der Waals surface area contributed by atoms with Crippen molar-refractivity contribution in [3.8, 4) is 0 Å². The van der Waals surface area contributed by atoms with Crippen LogP contribution in [0.25, 0.3) is 0 Å². The number of hydrogen-bond acceptors (Lipinski definition) is 7. The van der Waals surface area contributed by atoms with E-state index in [-0.39, 0.29) is 12.4 Å². The molecule has 2 atom stereocenters. The molecule has 1 N–H and O–H groups in total. The maximum absolute atomic E-state index is 12.0. The molecule has 1 aromatic heterocycles. The number of pyridine rings is 1. The smallest absolute Gasteiger partial charge is 0.413 e. The SMILES string of the molecule is CCOC(=O)[C@@H]1N=CO[C@H]1c1cccnc1NC(=O)OC(C)(C)C. The van der Waals surface area contributed by atoms with Gasteiger partial charge in [-0.15, -0.1) is 0 Å². The van der Waals surface area contributed by atoms with Crippen molar-refractivity contribution in [2.24, 2.45) is 4.99 Å². The van der Waals surface area contributed by atoms with Crippen molar-refractivity contribution in [2.45, 2.75) is 45.4 Å². The summed E-state index contributed by atoms with van der Waals surface area (Å²) in [5, 5.41) is 2.58. The molecule has 0 aliphatic carbocycles. The van der Waals surface area contributed by atoms with Gasteiger partial charge in [-0.1, -0.05) is 0 Å². The summed E-state index contributed by atoms with van der Waals surface area (Å²) in [7, 11) is 0. The van der Waals surface area contributed by atoms with Gasteiger partial charge in [0.25, 0.3) is 0 Å². The van der Waals surface area contributed by atoms with Gasteiger partial charge in [0.05, 0.1) is 6.61 Å². The third-order valence-corrected chi connectivity index (χ3v) is 3.01. The van der Waals surface area contributed by atoms with Gasteiger partial charge in [0, 0.05) is 11.8 Å². The van der Waals surface area contributed by atoms with Crippen LogP contribution in [0.2, 0.25) is 0 Å². The summed E-state index contributed by atoms with van der Waals surface area (Å²) >= 11 is 0. The van der Waals surface area contributed by atoms with Gasteiger partial charge in [-0.05, 0) is 39.8 Å². The molecule has 0 aromatic carbocycles. The van der Waals surface area contributed by atoms with Crippen LogP contribution in [0.4, 0.5) is 10.6 Å². The number of hydrogen-bond donors (Lipinski definition) is 1. The minimum atomic E-state index is -0.840. The van der Waals surface area contributed by atoms with Crippen LogP contribution in [0.15, 0.2) is 23.3 Å². The number of anilines is 1. The average Bonchev–Trinajstić information content (AvgIpc) is 2.95. The number of esters is 1. The minimum Gasteiger partial charge on any atom is -0.473 e. The number of aromatic nitrogens is 1. The Labute approximate surface area is 140 Å². The molecule has 0 unspecified atom stereocenters. The van der Waals surface area contributed by atoms with E-state index in [0.717, 1.165) is 0 Å². The van der Waals surface area contributed by atoms with E-state index in [1.807, 2.05) is 0 Å². The van der Waals surface area contributed by atoms with Crippen LogP contribution in [0, 0.1) is 0 Å². The van der Waals surface area contributed by atoms with Crippen molar-refractivity contribution in [3.63, 3.8) is 0 Å². The van der Waals surface area contributed by atoms with Crippen molar-refractivity contribution in [1.29, 1.82) is 0 Å². The Hall–Kier alpha value is -2.64. The molecule has 0 saturated carbocycles. The quantitative estimate of drug-likeness (QED) is 0.849. The number of rotatable bonds is 4. The van der Waals surface area contributed by atoms with E-state index in [4.69, 9.17) is 14.2 Å². The zero-order valence-electron chi connectivity index (χ0n) is 14.1. The van der Waals surface area contributed by atoms with E-state index in [2.05, 4.69) is 15.3 Å². The van der Waals surface area contributed by atoms with Crippen molar-refractivity contribution < 1.29 is 23.8 Å². The first-order valence-electron chi connectivity index (χ1n) is 7.60. The van der Waals surface area contributed by atoms with Gasteiger partial charge >= 0.3 is 12.1 Å². The lowest BCUT2D eigenvalue weighted by molar-refractivity contribution is -0.146. The molecular formula is C16H21N3O5. The van der Waals surface area contributed by atoms with Crippen molar-refractivity contribution in [1.82, 2.24) is 4.98 Å². The Balaban J connectivity index is 2.19.